The number of hydrogen-bond donors (Lipinski definition) is 0. The van der Waals surface area contributed by atoms with Crippen molar-refractivity contribution in [1.29, 1.82) is 0 Å². The van der Waals surface area contributed by atoms with E-state index in [2.05, 4.69) is 13.8 Å². The minimum absolute atomic E-state index is 0.649. The molecule has 0 aromatic heterocycles. The summed E-state index contributed by atoms with van der Waals surface area (Å²) < 4.78 is 0. The van der Waals surface area contributed by atoms with Crippen molar-refractivity contribution in [2.45, 2.75) is 181 Å². The van der Waals surface area contributed by atoms with Crippen molar-refractivity contribution in [3.8, 4) is 0 Å². The second-order valence-corrected chi connectivity index (χ2v) is 10.2. The van der Waals surface area contributed by atoms with Crippen molar-refractivity contribution >= 4 is 0 Å². The van der Waals surface area contributed by atoms with E-state index in [0.29, 0.717) is 13.2 Å². The van der Waals surface area contributed by atoms with Crippen molar-refractivity contribution < 1.29 is 14.8 Å². The quantitative estimate of drug-likeness (QED) is 0.0593. The Kier molecular flexibility index (Phi) is 31.8. The van der Waals surface area contributed by atoms with Crippen LogP contribution in [0.2, 0.25) is 0 Å². The number of hydrogen-bond acceptors (Lipinski definition) is 3. The Morgan fingerprint density at radius 3 is 0.727 bits per heavy atom. The van der Waals surface area contributed by atoms with Crippen LogP contribution in [0.3, 0.4) is 0 Å². The molecular weight excluding hydrogens is 408 g/mol. The SMILES string of the molecule is CCCCCCCCCCCCCCCOOOCCCCCCCCCCCCCCC. The Morgan fingerprint density at radius 2 is 0.485 bits per heavy atom. The predicted molar refractivity (Wildman–Crippen MR) is 144 cm³/mol. The fourth-order valence-electron chi connectivity index (χ4n) is 4.46. The van der Waals surface area contributed by atoms with Crippen LogP contribution in [0.4, 0.5) is 0 Å². The van der Waals surface area contributed by atoms with Crippen LogP contribution < -0.4 is 0 Å². The molecule has 0 aliphatic heterocycles. The first-order chi connectivity index (χ1) is 16.4. The molecule has 3 heteroatoms. The van der Waals surface area contributed by atoms with Gasteiger partial charge in [-0.2, -0.15) is 0 Å². The monoisotopic (exact) mass is 470 g/mol. The summed E-state index contributed by atoms with van der Waals surface area (Å²) in [6.07, 6.45) is 35.5. The van der Waals surface area contributed by atoms with Gasteiger partial charge in [-0.25, -0.2) is 9.78 Å². The van der Waals surface area contributed by atoms with Crippen LogP contribution in [-0.4, -0.2) is 13.2 Å². The van der Waals surface area contributed by atoms with E-state index < -0.39 is 0 Å². The summed E-state index contributed by atoms with van der Waals surface area (Å²) in [4.78, 5) is 10.2. The average Bonchev–Trinajstić information content (AvgIpc) is 2.83. The Balaban J connectivity index is 2.99. The minimum atomic E-state index is 0.649. The van der Waals surface area contributed by atoms with Crippen LogP contribution >= 0.6 is 0 Å². The van der Waals surface area contributed by atoms with Gasteiger partial charge in [-0.15, -0.1) is 0 Å². The summed E-state index contributed by atoms with van der Waals surface area (Å²) in [5.41, 5.74) is 0. The molecule has 0 rings (SSSR count). The Labute approximate surface area is 209 Å². The molecule has 3 nitrogen and oxygen atoms in total. The lowest BCUT2D eigenvalue weighted by Crippen LogP contribution is -2.00. The predicted octanol–water partition coefficient (Wildman–Crippen LogP) is 11.0. The molecule has 0 amide bonds. The molecule has 0 saturated heterocycles. The van der Waals surface area contributed by atoms with E-state index in [-0.39, 0.29) is 0 Å². The number of unbranched alkanes of at least 4 members (excludes halogenated alkanes) is 24. The first-order valence-electron chi connectivity index (χ1n) is 15.3. The summed E-state index contributed by atoms with van der Waals surface area (Å²) in [5.74, 6) is 0. The van der Waals surface area contributed by atoms with Gasteiger partial charge in [0.25, 0.3) is 0 Å². The van der Waals surface area contributed by atoms with Crippen molar-refractivity contribution in [2.24, 2.45) is 0 Å². The topological polar surface area (TPSA) is 27.7 Å². The van der Waals surface area contributed by atoms with Crippen LogP contribution in [0.5, 0.6) is 0 Å². The van der Waals surface area contributed by atoms with E-state index in [1.807, 2.05) is 0 Å². The van der Waals surface area contributed by atoms with Crippen molar-refractivity contribution in [3.63, 3.8) is 0 Å². The van der Waals surface area contributed by atoms with Gasteiger partial charge >= 0.3 is 0 Å². The average molecular weight is 471 g/mol. The maximum atomic E-state index is 5.12. The zero-order chi connectivity index (χ0) is 23.9. The maximum absolute atomic E-state index is 5.12. The van der Waals surface area contributed by atoms with Gasteiger partial charge in [0.2, 0.25) is 0 Å². The van der Waals surface area contributed by atoms with Gasteiger partial charge in [-0.05, 0) is 12.8 Å². The summed E-state index contributed by atoms with van der Waals surface area (Å²) in [6.45, 7) is 5.87. The molecule has 0 unspecified atom stereocenters. The Bertz CT molecular complexity index is 292. The van der Waals surface area contributed by atoms with Crippen molar-refractivity contribution in [2.75, 3.05) is 13.2 Å². The first kappa shape index (κ1) is 32.9. The van der Waals surface area contributed by atoms with Gasteiger partial charge in [0.15, 0.2) is 0 Å². The molecule has 0 heterocycles. The van der Waals surface area contributed by atoms with E-state index in [0.717, 1.165) is 12.8 Å². The normalized spacial score (nSPS) is 11.5. The highest BCUT2D eigenvalue weighted by Gasteiger charge is 1.97. The van der Waals surface area contributed by atoms with Crippen LogP contribution in [0.25, 0.3) is 0 Å². The molecule has 0 aromatic carbocycles. The zero-order valence-electron chi connectivity index (χ0n) is 23.0. The molecule has 0 N–H and O–H groups in total. The molecule has 0 saturated carbocycles. The molecule has 0 fully saturated rings. The van der Waals surface area contributed by atoms with Gasteiger partial charge in [0.1, 0.15) is 0 Å². The third kappa shape index (κ3) is 31.9. The van der Waals surface area contributed by atoms with Gasteiger partial charge in [0, 0.05) is 0 Å². The molecule has 0 atom stereocenters. The molecule has 0 radical (unpaired) electrons. The summed E-state index contributed by atoms with van der Waals surface area (Å²) in [6, 6.07) is 0. The minimum Gasteiger partial charge on any atom is -0.206 e. The van der Waals surface area contributed by atoms with Crippen LogP contribution in [-0.2, 0) is 14.8 Å². The molecule has 0 aliphatic carbocycles. The molecular formula is C30H62O3. The highest BCUT2D eigenvalue weighted by molar-refractivity contribution is 4.50. The van der Waals surface area contributed by atoms with E-state index in [1.165, 1.54) is 154 Å². The van der Waals surface area contributed by atoms with E-state index in [9.17, 15) is 0 Å². The standard InChI is InChI=1S/C30H62O3/c1-3-5-7-9-11-13-15-17-19-21-23-25-27-29-31-33-32-30-28-26-24-22-20-18-16-14-12-10-8-6-4-2/h3-30H2,1-2H3. The lowest BCUT2D eigenvalue weighted by atomic mass is 10.0. The van der Waals surface area contributed by atoms with Crippen LogP contribution in [0.1, 0.15) is 181 Å². The summed E-state index contributed by atoms with van der Waals surface area (Å²) >= 11 is 0. The second kappa shape index (κ2) is 31.9. The van der Waals surface area contributed by atoms with Crippen LogP contribution in [0.15, 0.2) is 0 Å². The molecule has 0 aromatic rings. The molecule has 0 spiro atoms. The maximum Gasteiger partial charge on any atom is 0.0853 e. The van der Waals surface area contributed by atoms with Crippen molar-refractivity contribution in [3.05, 3.63) is 0 Å². The third-order valence-corrected chi connectivity index (χ3v) is 6.76. The smallest absolute Gasteiger partial charge is 0.0853 e. The third-order valence-electron chi connectivity index (χ3n) is 6.76. The highest BCUT2D eigenvalue weighted by Crippen LogP contribution is 2.13. The lowest BCUT2D eigenvalue weighted by Gasteiger charge is -2.05. The van der Waals surface area contributed by atoms with E-state index in [1.54, 1.807) is 0 Å². The molecule has 0 aliphatic rings. The Morgan fingerprint density at radius 1 is 0.273 bits per heavy atom. The summed E-state index contributed by atoms with van der Waals surface area (Å²) in [5, 5.41) is 4.85. The zero-order valence-corrected chi connectivity index (χ0v) is 23.0. The van der Waals surface area contributed by atoms with E-state index >= 15 is 0 Å². The molecule has 0 bridgehead atoms. The highest BCUT2D eigenvalue weighted by atomic mass is 17.5. The van der Waals surface area contributed by atoms with Gasteiger partial charge in [0.05, 0.1) is 13.2 Å². The van der Waals surface area contributed by atoms with Gasteiger partial charge in [-0.1, -0.05) is 173 Å². The largest absolute Gasteiger partial charge is 0.206 e. The molecule has 33 heavy (non-hydrogen) atoms. The fraction of sp³-hybridized carbons (Fsp3) is 1.00. The first-order valence-corrected chi connectivity index (χ1v) is 15.3. The Hall–Kier alpha value is -0.120. The van der Waals surface area contributed by atoms with E-state index in [4.69, 9.17) is 14.8 Å². The number of rotatable bonds is 30. The summed E-state index contributed by atoms with van der Waals surface area (Å²) in [7, 11) is 0. The fourth-order valence-corrected chi connectivity index (χ4v) is 4.46. The van der Waals surface area contributed by atoms with Crippen LogP contribution in [0, 0.1) is 0 Å². The van der Waals surface area contributed by atoms with Gasteiger partial charge < -0.3 is 0 Å². The van der Waals surface area contributed by atoms with Gasteiger partial charge in [-0.3, -0.25) is 0 Å². The second-order valence-electron chi connectivity index (χ2n) is 10.2. The lowest BCUT2D eigenvalue weighted by molar-refractivity contribution is -0.512. The van der Waals surface area contributed by atoms with Crippen molar-refractivity contribution in [1.82, 2.24) is 0 Å². The molecule has 200 valence electrons.